The van der Waals surface area contributed by atoms with E-state index < -0.39 is 0 Å². The number of hydrogen-bond donors (Lipinski definition) is 1. The monoisotopic (exact) mass is 289 g/mol. The summed E-state index contributed by atoms with van der Waals surface area (Å²) >= 11 is 1.75. The van der Waals surface area contributed by atoms with E-state index in [9.17, 15) is 0 Å². The molecule has 0 unspecified atom stereocenters. The van der Waals surface area contributed by atoms with Crippen molar-refractivity contribution in [1.29, 1.82) is 0 Å². The van der Waals surface area contributed by atoms with Crippen molar-refractivity contribution >= 4 is 17.2 Å². The number of aromatic nitrogens is 2. The van der Waals surface area contributed by atoms with E-state index >= 15 is 0 Å². The fourth-order valence-electron chi connectivity index (χ4n) is 1.87. The van der Waals surface area contributed by atoms with Crippen LogP contribution in [0.25, 0.3) is 0 Å². The summed E-state index contributed by atoms with van der Waals surface area (Å²) in [4.78, 5) is 10.7. The molecule has 3 nitrogen and oxygen atoms in total. The second kappa shape index (κ2) is 6.35. The van der Waals surface area contributed by atoms with Crippen LogP contribution < -0.4 is 5.32 Å². The lowest BCUT2D eigenvalue weighted by Gasteiger charge is -2.19. The topological polar surface area (TPSA) is 37.8 Å². The minimum Gasteiger partial charge on any atom is -0.370 e. The Morgan fingerprint density at radius 3 is 2.65 bits per heavy atom. The molecule has 0 amide bonds. The molecule has 0 aromatic carbocycles. The number of hydrogen-bond acceptors (Lipinski definition) is 4. The van der Waals surface area contributed by atoms with Crippen LogP contribution in [0.5, 0.6) is 0 Å². The molecule has 2 aromatic heterocycles. The minimum atomic E-state index is 0.0375. The number of nitrogens with one attached hydrogen (secondary N) is 1. The highest BCUT2D eigenvalue weighted by molar-refractivity contribution is 7.09. The van der Waals surface area contributed by atoms with Gasteiger partial charge in [0, 0.05) is 29.3 Å². The van der Waals surface area contributed by atoms with Crippen LogP contribution in [0.15, 0.2) is 23.6 Å². The third-order valence-corrected chi connectivity index (χ3v) is 3.89. The van der Waals surface area contributed by atoms with Gasteiger partial charge in [-0.15, -0.1) is 11.3 Å². The smallest absolute Gasteiger partial charge is 0.136 e. The summed E-state index contributed by atoms with van der Waals surface area (Å²) < 4.78 is 0. The largest absolute Gasteiger partial charge is 0.370 e. The van der Waals surface area contributed by atoms with Crippen LogP contribution in [0.1, 0.15) is 50.5 Å². The molecular formula is C16H23N3S. The van der Waals surface area contributed by atoms with Gasteiger partial charge in [-0.3, -0.25) is 0 Å². The van der Waals surface area contributed by atoms with Gasteiger partial charge < -0.3 is 5.32 Å². The van der Waals surface area contributed by atoms with Crippen molar-refractivity contribution in [3.63, 3.8) is 0 Å². The molecule has 2 heterocycles. The normalized spacial score (nSPS) is 11.6. The lowest BCUT2D eigenvalue weighted by molar-refractivity contribution is 0.563. The average molecular weight is 289 g/mol. The van der Waals surface area contributed by atoms with E-state index in [4.69, 9.17) is 4.98 Å². The maximum absolute atomic E-state index is 4.74. The van der Waals surface area contributed by atoms with Crippen molar-refractivity contribution in [1.82, 2.24) is 9.97 Å². The van der Waals surface area contributed by atoms with Crippen molar-refractivity contribution in [2.75, 3.05) is 11.9 Å². The molecule has 1 N–H and O–H groups in total. The summed E-state index contributed by atoms with van der Waals surface area (Å²) in [7, 11) is 0. The SMILES string of the molecule is CCCNc1cc(C(C)(C)C)nc(Cc2cccs2)n1. The zero-order valence-electron chi connectivity index (χ0n) is 12.7. The van der Waals surface area contributed by atoms with Crippen LogP contribution in [0.2, 0.25) is 0 Å². The summed E-state index contributed by atoms with van der Waals surface area (Å²) in [5.74, 6) is 1.84. The van der Waals surface area contributed by atoms with E-state index in [0.717, 1.165) is 36.7 Å². The van der Waals surface area contributed by atoms with Crippen LogP contribution in [0, 0.1) is 0 Å². The van der Waals surface area contributed by atoms with Gasteiger partial charge in [-0.1, -0.05) is 33.8 Å². The third kappa shape index (κ3) is 4.04. The highest BCUT2D eigenvalue weighted by Gasteiger charge is 2.18. The predicted molar refractivity (Wildman–Crippen MR) is 86.6 cm³/mol. The van der Waals surface area contributed by atoms with Gasteiger partial charge in [0.2, 0.25) is 0 Å². The first-order valence-corrected chi connectivity index (χ1v) is 8.01. The van der Waals surface area contributed by atoms with Gasteiger partial charge in [-0.2, -0.15) is 0 Å². The highest BCUT2D eigenvalue weighted by Crippen LogP contribution is 2.23. The molecule has 20 heavy (non-hydrogen) atoms. The summed E-state index contributed by atoms with van der Waals surface area (Å²) in [6.07, 6.45) is 1.90. The zero-order valence-corrected chi connectivity index (χ0v) is 13.5. The lowest BCUT2D eigenvalue weighted by Crippen LogP contribution is -2.17. The molecule has 0 atom stereocenters. The molecule has 108 valence electrons. The maximum atomic E-state index is 4.74. The van der Waals surface area contributed by atoms with Gasteiger partial charge in [0.25, 0.3) is 0 Å². The second-order valence-corrected chi connectivity index (χ2v) is 7.02. The van der Waals surface area contributed by atoms with Gasteiger partial charge in [-0.05, 0) is 17.9 Å². The summed E-state index contributed by atoms with van der Waals surface area (Å²) in [5.41, 5.74) is 1.13. The summed E-state index contributed by atoms with van der Waals surface area (Å²) in [5, 5.41) is 5.48. The Labute approximate surface area is 125 Å². The van der Waals surface area contributed by atoms with Crippen molar-refractivity contribution in [2.45, 2.75) is 46.0 Å². The molecule has 0 aliphatic heterocycles. The molecule has 0 saturated carbocycles. The Morgan fingerprint density at radius 1 is 1.25 bits per heavy atom. The molecule has 0 aliphatic carbocycles. The molecule has 4 heteroatoms. The first-order chi connectivity index (χ1) is 9.49. The number of thiophene rings is 1. The quantitative estimate of drug-likeness (QED) is 0.894. The van der Waals surface area contributed by atoms with Crippen LogP contribution >= 0.6 is 11.3 Å². The fraction of sp³-hybridized carbons (Fsp3) is 0.500. The molecule has 0 fully saturated rings. The number of rotatable bonds is 5. The Kier molecular flexibility index (Phi) is 4.76. The van der Waals surface area contributed by atoms with E-state index in [2.05, 4.69) is 61.6 Å². The van der Waals surface area contributed by atoms with E-state index in [1.165, 1.54) is 4.88 Å². The number of nitrogens with zero attached hydrogens (tertiary/aromatic N) is 2. The van der Waals surface area contributed by atoms with Crippen molar-refractivity contribution in [3.05, 3.63) is 40.0 Å². The van der Waals surface area contributed by atoms with E-state index in [1.807, 2.05) is 0 Å². The van der Waals surface area contributed by atoms with Crippen LogP contribution in [-0.2, 0) is 11.8 Å². The Hall–Kier alpha value is -1.42. The van der Waals surface area contributed by atoms with E-state index in [0.29, 0.717) is 0 Å². The van der Waals surface area contributed by atoms with Crippen LogP contribution in [-0.4, -0.2) is 16.5 Å². The molecule has 2 aromatic rings. The zero-order chi connectivity index (χ0) is 14.6. The molecule has 2 rings (SSSR count). The molecule has 0 saturated heterocycles. The van der Waals surface area contributed by atoms with E-state index in [-0.39, 0.29) is 5.41 Å². The van der Waals surface area contributed by atoms with Gasteiger partial charge in [0.1, 0.15) is 11.6 Å². The standard InChI is InChI=1S/C16H23N3S/c1-5-8-17-14-11-13(16(2,3)4)18-15(19-14)10-12-7-6-9-20-12/h6-7,9,11H,5,8,10H2,1-4H3,(H,17,18,19). The van der Waals surface area contributed by atoms with Crippen LogP contribution in [0.4, 0.5) is 5.82 Å². The Morgan fingerprint density at radius 2 is 2.05 bits per heavy atom. The molecule has 0 radical (unpaired) electrons. The minimum absolute atomic E-state index is 0.0375. The molecular weight excluding hydrogens is 266 g/mol. The van der Waals surface area contributed by atoms with E-state index in [1.54, 1.807) is 11.3 Å². The van der Waals surface area contributed by atoms with Gasteiger partial charge in [-0.25, -0.2) is 9.97 Å². The van der Waals surface area contributed by atoms with Crippen molar-refractivity contribution in [2.24, 2.45) is 0 Å². The third-order valence-electron chi connectivity index (χ3n) is 3.01. The fourth-order valence-corrected chi connectivity index (χ4v) is 2.57. The van der Waals surface area contributed by atoms with Gasteiger partial charge in [0.05, 0.1) is 5.69 Å². The second-order valence-electron chi connectivity index (χ2n) is 5.99. The Bertz CT molecular complexity index is 541. The first kappa shape index (κ1) is 15.0. The summed E-state index contributed by atoms with van der Waals surface area (Å²) in [6.45, 7) is 9.67. The highest BCUT2D eigenvalue weighted by atomic mass is 32.1. The van der Waals surface area contributed by atoms with Gasteiger partial charge in [0.15, 0.2) is 0 Å². The number of anilines is 1. The Balaban J connectivity index is 2.29. The summed E-state index contributed by atoms with van der Waals surface area (Å²) in [6, 6.07) is 6.29. The maximum Gasteiger partial charge on any atom is 0.136 e. The lowest BCUT2D eigenvalue weighted by atomic mass is 9.92. The predicted octanol–water partition coefficient (Wildman–Crippen LogP) is 4.25. The van der Waals surface area contributed by atoms with Crippen molar-refractivity contribution in [3.8, 4) is 0 Å². The molecule has 0 aliphatic rings. The average Bonchev–Trinajstić information content (AvgIpc) is 2.88. The molecule has 0 bridgehead atoms. The first-order valence-electron chi connectivity index (χ1n) is 7.13. The van der Waals surface area contributed by atoms with Gasteiger partial charge >= 0.3 is 0 Å². The van der Waals surface area contributed by atoms with Crippen LogP contribution in [0.3, 0.4) is 0 Å². The van der Waals surface area contributed by atoms with Crippen molar-refractivity contribution < 1.29 is 0 Å². The molecule has 0 spiro atoms.